The summed E-state index contributed by atoms with van der Waals surface area (Å²) in [6, 6.07) is 5.42. The van der Waals surface area contributed by atoms with Gasteiger partial charge in [0.15, 0.2) is 17.3 Å². The van der Waals surface area contributed by atoms with Gasteiger partial charge in [-0.3, -0.25) is 9.69 Å². The second-order valence-corrected chi connectivity index (χ2v) is 9.87. The second-order valence-electron chi connectivity index (χ2n) is 9.87. The molecule has 0 aliphatic carbocycles. The molecule has 1 atom stereocenters. The van der Waals surface area contributed by atoms with Crippen molar-refractivity contribution in [3.05, 3.63) is 39.9 Å². The van der Waals surface area contributed by atoms with Crippen molar-refractivity contribution in [3.63, 3.8) is 0 Å². The summed E-state index contributed by atoms with van der Waals surface area (Å²) < 4.78 is 13.4. The summed E-state index contributed by atoms with van der Waals surface area (Å²) in [6.45, 7) is 11.5. The molecule has 1 aromatic carbocycles. The maximum Gasteiger partial charge on any atom is 0.253 e. The molecule has 1 fully saturated rings. The Morgan fingerprint density at radius 1 is 1.15 bits per heavy atom. The molecule has 3 aromatic rings. The summed E-state index contributed by atoms with van der Waals surface area (Å²) in [4.78, 5) is 18.9. The Morgan fingerprint density at radius 3 is 2.55 bits per heavy atom. The van der Waals surface area contributed by atoms with Crippen LogP contribution in [0.3, 0.4) is 0 Å². The Balaban J connectivity index is 1.66. The molecule has 4 heterocycles. The Bertz CT molecular complexity index is 1210. The van der Waals surface area contributed by atoms with E-state index in [-0.39, 0.29) is 17.1 Å². The summed E-state index contributed by atoms with van der Waals surface area (Å²) in [5, 5.41) is 13.7. The van der Waals surface area contributed by atoms with Crippen LogP contribution in [0.25, 0.3) is 10.9 Å². The number of aromatic amines is 1. The number of likely N-dealkylation sites (tertiary alicyclic amines) is 1. The molecule has 9 heteroatoms. The number of benzene rings is 1. The summed E-state index contributed by atoms with van der Waals surface area (Å²) in [5.74, 6) is 2.74. The largest absolute Gasteiger partial charge is 0.486 e. The van der Waals surface area contributed by atoms with Crippen LogP contribution in [0.4, 0.5) is 0 Å². The van der Waals surface area contributed by atoms with Crippen molar-refractivity contribution in [2.24, 2.45) is 5.92 Å². The predicted octanol–water partition coefficient (Wildman–Crippen LogP) is 3.25. The number of hydrogen-bond donors (Lipinski definition) is 1. The first-order valence-electron chi connectivity index (χ1n) is 11.9. The predicted molar refractivity (Wildman–Crippen MR) is 125 cm³/mol. The molecule has 2 aliphatic rings. The lowest BCUT2D eigenvalue weighted by Crippen LogP contribution is -2.41. The lowest BCUT2D eigenvalue weighted by atomic mass is 9.94. The molecule has 2 aliphatic heterocycles. The summed E-state index contributed by atoms with van der Waals surface area (Å²) in [7, 11) is 0. The molecule has 0 amide bonds. The maximum absolute atomic E-state index is 13.4. The molecule has 0 unspecified atom stereocenters. The van der Waals surface area contributed by atoms with Crippen molar-refractivity contribution in [1.29, 1.82) is 0 Å². The number of ether oxygens (including phenoxy) is 2. The van der Waals surface area contributed by atoms with E-state index in [0.29, 0.717) is 42.0 Å². The fourth-order valence-corrected chi connectivity index (χ4v) is 4.69. The molecular weight excluding hydrogens is 420 g/mol. The van der Waals surface area contributed by atoms with Crippen LogP contribution in [0, 0.1) is 5.92 Å². The van der Waals surface area contributed by atoms with Gasteiger partial charge in [0, 0.05) is 17.0 Å². The van der Waals surface area contributed by atoms with Gasteiger partial charge in [-0.25, -0.2) is 4.68 Å². The Kier molecular flexibility index (Phi) is 5.60. The highest BCUT2D eigenvalue weighted by molar-refractivity contribution is 5.83. The van der Waals surface area contributed by atoms with Gasteiger partial charge < -0.3 is 14.5 Å². The van der Waals surface area contributed by atoms with Gasteiger partial charge in [0.05, 0.1) is 11.1 Å². The van der Waals surface area contributed by atoms with Crippen LogP contribution < -0.4 is 15.0 Å². The SMILES string of the molecule is CCC(C)(C)n1nnnc1[C@H](c1cc2cc3c(cc2[nH]c1=O)OCCO3)N1CCC(C)CC1. The number of nitrogens with zero attached hydrogens (tertiary/aromatic N) is 5. The summed E-state index contributed by atoms with van der Waals surface area (Å²) >= 11 is 0. The molecule has 2 aromatic heterocycles. The molecule has 176 valence electrons. The Labute approximate surface area is 193 Å². The number of nitrogens with one attached hydrogen (secondary N) is 1. The van der Waals surface area contributed by atoms with Crippen molar-refractivity contribution >= 4 is 10.9 Å². The van der Waals surface area contributed by atoms with Gasteiger partial charge in [-0.05, 0) is 74.7 Å². The van der Waals surface area contributed by atoms with Crippen molar-refractivity contribution in [2.45, 2.75) is 58.5 Å². The Morgan fingerprint density at radius 2 is 1.85 bits per heavy atom. The van der Waals surface area contributed by atoms with Crippen molar-refractivity contribution in [2.75, 3.05) is 26.3 Å². The van der Waals surface area contributed by atoms with Crippen molar-refractivity contribution in [3.8, 4) is 11.5 Å². The molecule has 0 radical (unpaired) electrons. The zero-order valence-corrected chi connectivity index (χ0v) is 19.8. The van der Waals surface area contributed by atoms with Gasteiger partial charge in [-0.15, -0.1) is 5.10 Å². The van der Waals surface area contributed by atoms with Gasteiger partial charge in [-0.2, -0.15) is 0 Å². The van der Waals surface area contributed by atoms with E-state index in [2.05, 4.69) is 53.1 Å². The number of rotatable bonds is 5. The highest BCUT2D eigenvalue weighted by Gasteiger charge is 2.35. The quantitative estimate of drug-likeness (QED) is 0.634. The fraction of sp³-hybridized carbons (Fsp3) is 0.583. The van der Waals surface area contributed by atoms with Crippen LogP contribution >= 0.6 is 0 Å². The number of fused-ring (bicyclic) bond motifs is 2. The standard InChI is InChI=1S/C24H32N6O3/c1-5-24(3,4)30-22(26-27-28-30)21(29-8-6-15(2)7-9-29)17-12-16-13-19-20(33-11-10-32-19)14-18(16)25-23(17)31/h12-15,21H,5-11H2,1-4H3,(H,25,31)/t21-/m0/s1. The summed E-state index contributed by atoms with van der Waals surface area (Å²) in [5.41, 5.74) is 0.976. The number of H-pyrrole nitrogens is 1. The lowest BCUT2D eigenvalue weighted by Gasteiger charge is -2.37. The molecule has 1 saturated heterocycles. The second kappa shape index (κ2) is 8.44. The average molecular weight is 453 g/mol. The first-order valence-corrected chi connectivity index (χ1v) is 11.9. The van der Waals surface area contributed by atoms with Crippen LogP contribution in [0.15, 0.2) is 23.0 Å². The Hall–Kier alpha value is -2.94. The van der Waals surface area contributed by atoms with Gasteiger partial charge >= 0.3 is 0 Å². The van der Waals surface area contributed by atoms with E-state index < -0.39 is 0 Å². The van der Waals surface area contributed by atoms with Gasteiger partial charge in [0.2, 0.25) is 0 Å². The van der Waals surface area contributed by atoms with E-state index >= 15 is 0 Å². The zero-order valence-electron chi connectivity index (χ0n) is 19.8. The molecular formula is C24H32N6O3. The third kappa shape index (κ3) is 3.99. The van der Waals surface area contributed by atoms with E-state index in [0.717, 1.165) is 43.3 Å². The molecule has 5 rings (SSSR count). The third-order valence-corrected chi connectivity index (χ3v) is 7.19. The van der Waals surface area contributed by atoms with Crippen LogP contribution in [0.2, 0.25) is 0 Å². The first kappa shape index (κ1) is 21.9. The van der Waals surface area contributed by atoms with Crippen molar-refractivity contribution in [1.82, 2.24) is 30.1 Å². The van der Waals surface area contributed by atoms with E-state index in [1.807, 2.05) is 22.9 Å². The number of piperidine rings is 1. The van der Waals surface area contributed by atoms with Crippen LogP contribution in [-0.2, 0) is 5.54 Å². The minimum Gasteiger partial charge on any atom is -0.486 e. The highest BCUT2D eigenvalue weighted by Crippen LogP contribution is 2.36. The normalized spacial score (nSPS) is 18.5. The van der Waals surface area contributed by atoms with Gasteiger partial charge in [0.25, 0.3) is 5.56 Å². The van der Waals surface area contributed by atoms with Gasteiger partial charge in [-0.1, -0.05) is 13.8 Å². The van der Waals surface area contributed by atoms with E-state index in [1.54, 1.807) is 0 Å². The summed E-state index contributed by atoms with van der Waals surface area (Å²) in [6.07, 6.45) is 3.03. The number of aromatic nitrogens is 5. The number of pyridine rings is 1. The van der Waals surface area contributed by atoms with Crippen LogP contribution in [-0.4, -0.2) is 56.4 Å². The minimum absolute atomic E-state index is 0.133. The van der Waals surface area contributed by atoms with E-state index in [9.17, 15) is 4.79 Å². The maximum atomic E-state index is 13.4. The highest BCUT2D eigenvalue weighted by atomic mass is 16.6. The minimum atomic E-state index is -0.334. The number of tetrazole rings is 1. The molecule has 0 spiro atoms. The number of hydrogen-bond acceptors (Lipinski definition) is 7. The molecule has 9 nitrogen and oxygen atoms in total. The van der Waals surface area contributed by atoms with Crippen molar-refractivity contribution < 1.29 is 9.47 Å². The molecule has 0 saturated carbocycles. The van der Waals surface area contributed by atoms with E-state index in [1.165, 1.54) is 0 Å². The monoisotopic (exact) mass is 452 g/mol. The average Bonchev–Trinajstić information content (AvgIpc) is 3.30. The molecule has 33 heavy (non-hydrogen) atoms. The molecule has 0 bridgehead atoms. The third-order valence-electron chi connectivity index (χ3n) is 7.19. The van der Waals surface area contributed by atoms with Crippen LogP contribution in [0.5, 0.6) is 11.5 Å². The molecule has 1 N–H and O–H groups in total. The van der Waals surface area contributed by atoms with Crippen LogP contribution in [0.1, 0.15) is 64.4 Å². The first-order chi connectivity index (χ1) is 15.9. The smallest absolute Gasteiger partial charge is 0.253 e. The zero-order chi connectivity index (χ0) is 23.2. The fourth-order valence-electron chi connectivity index (χ4n) is 4.69. The topological polar surface area (TPSA) is 98.2 Å². The lowest BCUT2D eigenvalue weighted by molar-refractivity contribution is 0.143. The van der Waals surface area contributed by atoms with Gasteiger partial charge in [0.1, 0.15) is 19.3 Å². The van der Waals surface area contributed by atoms with E-state index in [4.69, 9.17) is 9.47 Å².